The van der Waals surface area contributed by atoms with E-state index in [4.69, 9.17) is 9.47 Å². The van der Waals surface area contributed by atoms with Crippen molar-refractivity contribution in [3.8, 4) is 11.5 Å². The number of likely N-dealkylation sites (tertiary alicyclic amines) is 1. The Balaban J connectivity index is 1.67. The Hall–Kier alpha value is -2.16. The molecule has 1 saturated carbocycles. The summed E-state index contributed by atoms with van der Waals surface area (Å²) in [6, 6.07) is 10.3. The molecule has 0 atom stereocenters. The number of phenolic OH excluding ortho intramolecular Hbond substituents is 1. The van der Waals surface area contributed by atoms with Gasteiger partial charge in [0.15, 0.2) is 0 Å². The molecular weight excluding hydrogens is 528 g/mol. The van der Waals surface area contributed by atoms with Crippen LogP contribution >= 0.6 is 27.7 Å². The van der Waals surface area contributed by atoms with Crippen LogP contribution in [-0.4, -0.2) is 47.3 Å². The molecule has 2 aliphatic rings. The largest absolute Gasteiger partial charge is 0.506 e. The Kier molecular flexibility index (Phi) is 7.32. The Labute approximate surface area is 218 Å². The van der Waals surface area contributed by atoms with Gasteiger partial charge >= 0.3 is 5.97 Å². The number of ether oxygens (including phenoxy) is 2. The molecule has 2 aromatic carbocycles. The number of fused-ring (bicyclic) bond motifs is 1. The quantitative estimate of drug-likeness (QED) is 0.238. The topological polar surface area (TPSA) is 63.9 Å². The minimum atomic E-state index is -0.317. The van der Waals surface area contributed by atoms with Gasteiger partial charge in [-0.25, -0.2) is 4.79 Å². The van der Waals surface area contributed by atoms with E-state index in [-0.39, 0.29) is 11.7 Å². The van der Waals surface area contributed by atoms with Gasteiger partial charge in [-0.15, -0.1) is 11.8 Å². The minimum absolute atomic E-state index is 0.217. The number of halogens is 1. The van der Waals surface area contributed by atoms with Crippen molar-refractivity contribution in [3.63, 3.8) is 0 Å². The fourth-order valence-corrected chi connectivity index (χ4v) is 6.45. The van der Waals surface area contributed by atoms with Gasteiger partial charge in [0, 0.05) is 39.9 Å². The number of carbonyl (C=O) groups excluding carboxylic acids is 1. The predicted octanol–water partition coefficient (Wildman–Crippen LogP) is 6.52. The normalized spacial score (nSPS) is 16.2. The summed E-state index contributed by atoms with van der Waals surface area (Å²) in [6.45, 7) is 4.77. The number of thioether (sulfide) groups is 1. The summed E-state index contributed by atoms with van der Waals surface area (Å²) in [6.07, 6.45) is 4.49. The summed E-state index contributed by atoms with van der Waals surface area (Å²) in [5, 5.41) is 12.0. The second-order valence-electron chi connectivity index (χ2n) is 9.17. The van der Waals surface area contributed by atoms with Crippen molar-refractivity contribution in [1.29, 1.82) is 0 Å². The van der Waals surface area contributed by atoms with Crippen LogP contribution < -0.4 is 4.74 Å². The zero-order valence-corrected chi connectivity index (χ0v) is 22.6. The SMILES string of the molecule is CCOC(=O)c1c(CSc2cccc(OC)c2)n(C2CC2)c2cc(Br)c(O)c(CN3CCCC3)c12. The molecule has 0 amide bonds. The van der Waals surface area contributed by atoms with Gasteiger partial charge in [-0.3, -0.25) is 4.90 Å². The van der Waals surface area contributed by atoms with E-state index in [1.54, 1.807) is 18.9 Å². The lowest BCUT2D eigenvalue weighted by Gasteiger charge is -2.18. The average molecular weight is 560 g/mol. The zero-order chi connectivity index (χ0) is 24.5. The molecule has 6 nitrogen and oxygen atoms in total. The van der Waals surface area contributed by atoms with Gasteiger partial charge in [0.1, 0.15) is 11.5 Å². The first-order valence-corrected chi connectivity index (χ1v) is 14.0. The minimum Gasteiger partial charge on any atom is -0.506 e. The van der Waals surface area contributed by atoms with Crippen molar-refractivity contribution in [2.45, 2.75) is 55.8 Å². The summed E-state index contributed by atoms with van der Waals surface area (Å²) in [5.74, 6) is 1.33. The second kappa shape index (κ2) is 10.4. The van der Waals surface area contributed by atoms with Crippen molar-refractivity contribution in [3.05, 3.63) is 51.6 Å². The molecule has 186 valence electrons. The van der Waals surface area contributed by atoms with Crippen molar-refractivity contribution in [2.24, 2.45) is 0 Å². The van der Waals surface area contributed by atoms with E-state index in [9.17, 15) is 9.90 Å². The van der Waals surface area contributed by atoms with Crippen molar-refractivity contribution >= 4 is 44.6 Å². The molecule has 3 aromatic rings. The number of hydrogen-bond donors (Lipinski definition) is 1. The number of phenols is 1. The zero-order valence-electron chi connectivity index (χ0n) is 20.2. The summed E-state index contributed by atoms with van der Waals surface area (Å²) in [4.78, 5) is 16.9. The highest BCUT2D eigenvalue weighted by molar-refractivity contribution is 9.10. The number of aromatic hydroxyl groups is 1. The van der Waals surface area contributed by atoms with Crippen molar-refractivity contribution in [1.82, 2.24) is 9.47 Å². The highest BCUT2D eigenvalue weighted by Gasteiger charge is 2.35. The number of rotatable bonds is 9. The number of hydrogen-bond acceptors (Lipinski definition) is 6. The van der Waals surface area contributed by atoms with Crippen LogP contribution in [0.25, 0.3) is 10.9 Å². The molecule has 8 heteroatoms. The highest BCUT2D eigenvalue weighted by atomic mass is 79.9. The van der Waals surface area contributed by atoms with E-state index in [0.29, 0.717) is 35.0 Å². The summed E-state index contributed by atoms with van der Waals surface area (Å²) >= 11 is 5.28. The number of esters is 1. The molecule has 1 saturated heterocycles. The van der Waals surface area contributed by atoms with Crippen molar-refractivity contribution in [2.75, 3.05) is 26.8 Å². The van der Waals surface area contributed by atoms with Crippen LogP contribution in [-0.2, 0) is 17.0 Å². The van der Waals surface area contributed by atoms with Gasteiger partial charge in [-0.1, -0.05) is 6.07 Å². The molecule has 35 heavy (non-hydrogen) atoms. The maximum atomic E-state index is 13.5. The Morgan fingerprint density at radius 3 is 2.69 bits per heavy atom. The molecular formula is C27H31BrN2O4S. The molecule has 2 heterocycles. The number of nitrogens with zero attached hydrogens (tertiary/aromatic N) is 2. The summed E-state index contributed by atoms with van der Waals surface area (Å²) in [5.41, 5.74) is 3.37. The van der Waals surface area contributed by atoms with Crippen LogP contribution in [0.4, 0.5) is 0 Å². The lowest BCUT2D eigenvalue weighted by molar-refractivity contribution is 0.0527. The third kappa shape index (κ3) is 4.93. The lowest BCUT2D eigenvalue weighted by Crippen LogP contribution is -2.19. The number of aromatic nitrogens is 1. The smallest absolute Gasteiger partial charge is 0.340 e. The molecule has 0 radical (unpaired) electrons. The molecule has 1 aliphatic carbocycles. The first-order valence-electron chi connectivity index (χ1n) is 12.2. The summed E-state index contributed by atoms with van der Waals surface area (Å²) in [7, 11) is 1.67. The van der Waals surface area contributed by atoms with Gasteiger partial charge < -0.3 is 19.1 Å². The van der Waals surface area contributed by atoms with E-state index < -0.39 is 0 Å². The van der Waals surface area contributed by atoms with E-state index in [2.05, 4.69) is 31.5 Å². The van der Waals surface area contributed by atoms with Crippen LogP contribution in [0.1, 0.15) is 60.3 Å². The van der Waals surface area contributed by atoms with Crippen LogP contribution in [0.15, 0.2) is 39.7 Å². The van der Waals surface area contributed by atoms with Crippen LogP contribution in [0, 0.1) is 0 Å². The van der Waals surface area contributed by atoms with Crippen LogP contribution in [0.2, 0.25) is 0 Å². The molecule has 0 bridgehead atoms. The fourth-order valence-electron chi connectivity index (χ4n) is 5.03. The molecule has 2 fully saturated rings. The van der Waals surface area contributed by atoms with Crippen molar-refractivity contribution < 1.29 is 19.4 Å². The monoisotopic (exact) mass is 558 g/mol. The average Bonchev–Trinajstić information content (AvgIpc) is 3.46. The molecule has 1 aliphatic heterocycles. The molecule has 1 N–H and O–H groups in total. The third-order valence-corrected chi connectivity index (χ3v) is 8.42. The first kappa shape index (κ1) is 24.5. The number of benzene rings is 2. The number of carbonyl (C=O) groups is 1. The molecule has 5 rings (SSSR count). The van der Waals surface area contributed by atoms with E-state index in [0.717, 1.165) is 71.6 Å². The van der Waals surface area contributed by atoms with E-state index in [1.165, 1.54) is 0 Å². The van der Waals surface area contributed by atoms with Crippen LogP contribution in [0.3, 0.4) is 0 Å². The third-order valence-electron chi connectivity index (χ3n) is 6.81. The first-order chi connectivity index (χ1) is 17.0. The second-order valence-corrected chi connectivity index (χ2v) is 11.1. The fraction of sp³-hybridized carbons (Fsp3) is 0.444. The highest BCUT2D eigenvalue weighted by Crippen LogP contribution is 2.47. The van der Waals surface area contributed by atoms with Crippen LogP contribution in [0.5, 0.6) is 11.5 Å². The molecule has 1 aromatic heterocycles. The Morgan fingerprint density at radius 1 is 1.23 bits per heavy atom. The summed E-state index contributed by atoms with van der Waals surface area (Å²) < 4.78 is 14.0. The Bertz CT molecular complexity index is 1250. The standard InChI is InChI=1S/C27H31BrN2O4S/c1-3-34-27(32)25-23(16-35-19-8-6-7-18(13-19)33-2)30(17-9-10-17)22-14-21(28)26(31)20(24(22)25)15-29-11-4-5-12-29/h6-8,13-14,17,31H,3-5,9-12,15-16H2,1-2H3. The van der Waals surface area contributed by atoms with Gasteiger partial charge in [-0.05, 0) is 85.9 Å². The predicted molar refractivity (Wildman–Crippen MR) is 143 cm³/mol. The Morgan fingerprint density at radius 2 is 2.00 bits per heavy atom. The van der Waals surface area contributed by atoms with Gasteiger partial charge in [0.05, 0.1) is 29.3 Å². The van der Waals surface area contributed by atoms with Gasteiger partial charge in [-0.2, -0.15) is 0 Å². The maximum absolute atomic E-state index is 13.5. The van der Waals surface area contributed by atoms with E-state index in [1.807, 2.05) is 31.2 Å². The van der Waals surface area contributed by atoms with Gasteiger partial charge in [0.2, 0.25) is 0 Å². The van der Waals surface area contributed by atoms with Gasteiger partial charge in [0.25, 0.3) is 0 Å². The maximum Gasteiger partial charge on any atom is 0.340 e. The molecule has 0 unspecified atom stereocenters. The lowest BCUT2D eigenvalue weighted by atomic mass is 10.0. The number of methoxy groups -OCH3 is 1. The van der Waals surface area contributed by atoms with E-state index >= 15 is 0 Å². The molecule has 0 spiro atoms.